The van der Waals surface area contributed by atoms with Crippen molar-refractivity contribution in [2.24, 2.45) is 12.8 Å². The van der Waals surface area contributed by atoms with Crippen LogP contribution in [0.15, 0.2) is 6.07 Å². The molecule has 0 fully saturated rings. The first kappa shape index (κ1) is 13.5. The molecule has 0 aliphatic rings. The number of aryl methyl sites for hydroxylation is 1. The molecular formula is C9H10F2N6OS. The fraction of sp³-hybridized carbons (Fsp3) is 0.333. The van der Waals surface area contributed by atoms with Crippen LogP contribution >= 0.6 is 11.3 Å². The average Bonchev–Trinajstić information content (AvgIpc) is 2.95. The van der Waals surface area contributed by atoms with E-state index in [2.05, 4.69) is 20.6 Å². The Hall–Kier alpha value is -1.94. The summed E-state index contributed by atoms with van der Waals surface area (Å²) in [6.07, 6.45) is -2.70. The van der Waals surface area contributed by atoms with Gasteiger partial charge in [0.1, 0.15) is 5.69 Å². The Morgan fingerprint density at radius 1 is 1.58 bits per heavy atom. The van der Waals surface area contributed by atoms with Crippen LogP contribution in [-0.2, 0) is 13.6 Å². The Bertz CT molecular complexity index is 595. The molecule has 7 nitrogen and oxygen atoms in total. The molecule has 0 bridgehead atoms. The Labute approximate surface area is 110 Å². The third kappa shape index (κ3) is 2.90. The first-order chi connectivity index (χ1) is 9.01. The Morgan fingerprint density at radius 2 is 2.32 bits per heavy atom. The van der Waals surface area contributed by atoms with E-state index in [1.165, 1.54) is 10.7 Å². The molecular weight excluding hydrogens is 278 g/mol. The first-order valence-corrected chi connectivity index (χ1v) is 5.98. The minimum Gasteiger partial charge on any atom is -0.325 e. The molecule has 0 saturated heterocycles. The van der Waals surface area contributed by atoms with Crippen LogP contribution in [-0.4, -0.2) is 25.9 Å². The lowest BCUT2D eigenvalue weighted by Gasteiger charge is -2.00. The van der Waals surface area contributed by atoms with Crippen LogP contribution in [0.1, 0.15) is 27.6 Å². The van der Waals surface area contributed by atoms with Gasteiger partial charge in [0.2, 0.25) is 5.13 Å². The van der Waals surface area contributed by atoms with Crippen LogP contribution in [0.4, 0.5) is 13.9 Å². The number of amides is 1. The number of nitrogens with one attached hydrogen (secondary N) is 1. The van der Waals surface area contributed by atoms with Crippen LogP contribution in [0.2, 0.25) is 0 Å². The molecule has 2 heterocycles. The summed E-state index contributed by atoms with van der Waals surface area (Å²) < 4.78 is 26.0. The number of nitrogens with zero attached hydrogens (tertiary/aromatic N) is 4. The average molecular weight is 288 g/mol. The number of carbonyl (C=O) groups is 1. The summed E-state index contributed by atoms with van der Waals surface area (Å²) in [7, 11) is 1.58. The van der Waals surface area contributed by atoms with Crippen molar-refractivity contribution in [2.45, 2.75) is 13.0 Å². The molecule has 0 spiro atoms. The van der Waals surface area contributed by atoms with Crippen LogP contribution in [0.3, 0.4) is 0 Å². The van der Waals surface area contributed by atoms with E-state index < -0.39 is 17.3 Å². The second-order valence-corrected chi connectivity index (χ2v) is 4.56. The minimum atomic E-state index is -2.70. The molecule has 2 aromatic heterocycles. The largest absolute Gasteiger partial charge is 0.325 e. The monoisotopic (exact) mass is 288 g/mol. The predicted molar refractivity (Wildman–Crippen MR) is 63.9 cm³/mol. The van der Waals surface area contributed by atoms with Gasteiger partial charge in [-0.25, -0.2) is 8.78 Å². The molecule has 0 atom stereocenters. The third-order valence-electron chi connectivity index (χ3n) is 2.22. The van der Waals surface area contributed by atoms with E-state index in [-0.39, 0.29) is 17.4 Å². The smallest absolute Gasteiger partial charge is 0.291 e. The van der Waals surface area contributed by atoms with Crippen molar-refractivity contribution < 1.29 is 13.6 Å². The Balaban J connectivity index is 2.13. The lowest BCUT2D eigenvalue weighted by molar-refractivity contribution is 0.101. The summed E-state index contributed by atoms with van der Waals surface area (Å²) in [5, 5.41) is 12.7. The van der Waals surface area contributed by atoms with E-state index >= 15 is 0 Å². The van der Waals surface area contributed by atoms with Gasteiger partial charge in [0, 0.05) is 13.6 Å². The van der Waals surface area contributed by atoms with E-state index in [0.29, 0.717) is 17.0 Å². The van der Waals surface area contributed by atoms with Gasteiger partial charge in [-0.15, -0.1) is 10.2 Å². The van der Waals surface area contributed by atoms with Crippen molar-refractivity contribution in [2.75, 3.05) is 5.32 Å². The molecule has 0 aliphatic carbocycles. The summed E-state index contributed by atoms with van der Waals surface area (Å²) in [4.78, 5) is 11.9. The number of aromatic nitrogens is 4. The third-order valence-corrected chi connectivity index (χ3v) is 3.07. The second kappa shape index (κ2) is 5.36. The SMILES string of the molecule is Cn1nc(CN)cc1C(=O)Nc1nnc(C(F)F)s1. The number of hydrogen-bond acceptors (Lipinski definition) is 6. The molecule has 3 N–H and O–H groups in total. The zero-order valence-electron chi connectivity index (χ0n) is 9.80. The van der Waals surface area contributed by atoms with Crippen molar-refractivity contribution in [1.82, 2.24) is 20.0 Å². The molecule has 2 rings (SSSR count). The maximum absolute atomic E-state index is 12.3. The van der Waals surface area contributed by atoms with Crippen molar-refractivity contribution in [3.05, 3.63) is 22.5 Å². The topological polar surface area (TPSA) is 98.7 Å². The van der Waals surface area contributed by atoms with Gasteiger partial charge in [0.15, 0.2) is 5.01 Å². The van der Waals surface area contributed by atoms with E-state index in [9.17, 15) is 13.6 Å². The van der Waals surface area contributed by atoms with Crippen molar-refractivity contribution >= 4 is 22.4 Å². The summed E-state index contributed by atoms with van der Waals surface area (Å²) in [5.41, 5.74) is 6.22. The number of nitrogens with two attached hydrogens (primary N) is 1. The molecule has 1 amide bonds. The second-order valence-electron chi connectivity index (χ2n) is 3.55. The highest BCUT2D eigenvalue weighted by molar-refractivity contribution is 7.15. The quantitative estimate of drug-likeness (QED) is 0.871. The van der Waals surface area contributed by atoms with Gasteiger partial charge in [-0.3, -0.25) is 14.8 Å². The number of halogens is 2. The van der Waals surface area contributed by atoms with Crippen molar-refractivity contribution in [1.29, 1.82) is 0 Å². The van der Waals surface area contributed by atoms with Gasteiger partial charge in [0.25, 0.3) is 12.3 Å². The lowest BCUT2D eigenvalue weighted by atomic mass is 10.3. The van der Waals surface area contributed by atoms with E-state index in [1.807, 2.05) is 0 Å². The molecule has 0 aromatic carbocycles. The number of carbonyl (C=O) groups excluding carboxylic acids is 1. The maximum atomic E-state index is 12.3. The zero-order valence-corrected chi connectivity index (χ0v) is 10.6. The molecule has 0 unspecified atom stereocenters. The highest BCUT2D eigenvalue weighted by Gasteiger charge is 2.18. The Kier molecular flexibility index (Phi) is 3.81. The maximum Gasteiger partial charge on any atom is 0.291 e. The fourth-order valence-corrected chi connectivity index (χ4v) is 1.97. The van der Waals surface area contributed by atoms with Gasteiger partial charge in [0.05, 0.1) is 5.69 Å². The normalized spacial score (nSPS) is 11.0. The fourth-order valence-electron chi connectivity index (χ4n) is 1.37. The van der Waals surface area contributed by atoms with Gasteiger partial charge >= 0.3 is 0 Å². The number of anilines is 1. The summed E-state index contributed by atoms with van der Waals surface area (Å²) >= 11 is 0.624. The highest BCUT2D eigenvalue weighted by Crippen LogP contribution is 2.25. The molecule has 10 heteroatoms. The molecule has 0 radical (unpaired) electrons. The molecule has 19 heavy (non-hydrogen) atoms. The van der Waals surface area contributed by atoms with E-state index in [4.69, 9.17) is 5.73 Å². The standard InChI is InChI=1S/C9H10F2N6OS/c1-17-5(2-4(3-12)16-17)7(18)13-9-15-14-8(19-9)6(10)11/h2,6H,3,12H2,1H3,(H,13,15,18). The number of alkyl halides is 2. The lowest BCUT2D eigenvalue weighted by Crippen LogP contribution is -2.15. The van der Waals surface area contributed by atoms with Crippen LogP contribution in [0.25, 0.3) is 0 Å². The van der Waals surface area contributed by atoms with Gasteiger partial charge in [-0.05, 0) is 6.07 Å². The van der Waals surface area contributed by atoms with Crippen LogP contribution in [0, 0.1) is 0 Å². The summed E-state index contributed by atoms with van der Waals surface area (Å²) in [6.45, 7) is 0.204. The number of hydrogen-bond donors (Lipinski definition) is 2. The first-order valence-electron chi connectivity index (χ1n) is 5.17. The summed E-state index contributed by atoms with van der Waals surface area (Å²) in [5.74, 6) is -0.508. The van der Waals surface area contributed by atoms with Gasteiger partial charge in [-0.2, -0.15) is 5.10 Å². The highest BCUT2D eigenvalue weighted by atomic mass is 32.1. The van der Waals surface area contributed by atoms with Crippen molar-refractivity contribution in [3.63, 3.8) is 0 Å². The van der Waals surface area contributed by atoms with Crippen LogP contribution in [0.5, 0.6) is 0 Å². The van der Waals surface area contributed by atoms with E-state index in [1.54, 1.807) is 7.05 Å². The van der Waals surface area contributed by atoms with Gasteiger partial charge < -0.3 is 5.73 Å². The molecule has 2 aromatic rings. The predicted octanol–water partition coefficient (Wildman–Crippen LogP) is 0.920. The summed E-state index contributed by atoms with van der Waals surface area (Å²) in [6, 6.07) is 1.52. The Morgan fingerprint density at radius 3 is 2.84 bits per heavy atom. The minimum absolute atomic E-state index is 0.01000. The van der Waals surface area contributed by atoms with Gasteiger partial charge in [-0.1, -0.05) is 11.3 Å². The van der Waals surface area contributed by atoms with Crippen molar-refractivity contribution in [3.8, 4) is 0 Å². The molecule has 102 valence electrons. The van der Waals surface area contributed by atoms with Crippen LogP contribution < -0.4 is 11.1 Å². The zero-order chi connectivity index (χ0) is 14.0. The molecule has 0 saturated carbocycles. The molecule has 0 aliphatic heterocycles. The van der Waals surface area contributed by atoms with E-state index in [0.717, 1.165) is 0 Å². The number of rotatable bonds is 4.